The van der Waals surface area contributed by atoms with E-state index in [4.69, 9.17) is 0 Å². The summed E-state index contributed by atoms with van der Waals surface area (Å²) in [6.07, 6.45) is 8.14. The summed E-state index contributed by atoms with van der Waals surface area (Å²) in [5, 5.41) is 3.10. The number of aromatic amines is 1. The number of nitrogens with one attached hydrogen (secondary N) is 2. The predicted molar refractivity (Wildman–Crippen MR) is 105 cm³/mol. The molecule has 28 heavy (non-hydrogen) atoms. The van der Waals surface area contributed by atoms with Crippen LogP contribution in [-0.2, 0) is 0 Å². The van der Waals surface area contributed by atoms with Gasteiger partial charge in [0.1, 0.15) is 0 Å². The van der Waals surface area contributed by atoms with Crippen LogP contribution >= 0.6 is 0 Å². The maximum absolute atomic E-state index is 12.6. The number of benzene rings is 1. The first-order chi connectivity index (χ1) is 13.7. The van der Waals surface area contributed by atoms with Crippen molar-refractivity contribution in [2.24, 2.45) is 0 Å². The average Bonchev–Trinajstić information content (AvgIpc) is 2.75. The number of nitrogens with zero attached hydrogens (tertiary/aromatic N) is 4. The van der Waals surface area contributed by atoms with E-state index in [1.807, 2.05) is 0 Å². The minimum atomic E-state index is -0.261. The van der Waals surface area contributed by atoms with Crippen molar-refractivity contribution in [3.63, 3.8) is 0 Å². The second-order valence-corrected chi connectivity index (χ2v) is 6.69. The molecule has 0 spiro atoms. The Hall–Kier alpha value is -3.55. The quantitative estimate of drug-likeness (QED) is 0.717. The molecule has 1 aliphatic heterocycles. The number of aromatic nitrogens is 4. The number of hydrogen-bond donors (Lipinski definition) is 2. The van der Waals surface area contributed by atoms with Gasteiger partial charge < -0.3 is 15.2 Å². The molecule has 0 bridgehead atoms. The number of carbonyl (C=O) groups is 1. The molecule has 142 valence electrons. The SMILES string of the molecule is O=C(NC1CCCN(c2ncccn2)C1)c1ccc(-c2cncc(=O)[nH]2)cc1. The third-order valence-corrected chi connectivity index (χ3v) is 4.70. The van der Waals surface area contributed by atoms with E-state index in [0.29, 0.717) is 23.8 Å². The van der Waals surface area contributed by atoms with E-state index in [0.717, 1.165) is 24.9 Å². The van der Waals surface area contributed by atoms with Crippen LogP contribution in [0, 0.1) is 0 Å². The number of anilines is 1. The monoisotopic (exact) mass is 376 g/mol. The molecule has 1 amide bonds. The van der Waals surface area contributed by atoms with Crippen molar-refractivity contribution in [2.75, 3.05) is 18.0 Å². The van der Waals surface area contributed by atoms with Crippen LogP contribution in [0.15, 0.2) is 59.9 Å². The number of H-pyrrole nitrogens is 1. The van der Waals surface area contributed by atoms with Crippen LogP contribution in [0.3, 0.4) is 0 Å². The summed E-state index contributed by atoms with van der Waals surface area (Å²) in [5.74, 6) is 0.573. The normalized spacial score (nSPS) is 16.6. The number of piperidine rings is 1. The summed E-state index contributed by atoms with van der Waals surface area (Å²) < 4.78 is 0. The molecular weight excluding hydrogens is 356 g/mol. The van der Waals surface area contributed by atoms with Gasteiger partial charge in [-0.25, -0.2) is 9.97 Å². The van der Waals surface area contributed by atoms with E-state index in [1.165, 1.54) is 6.20 Å². The van der Waals surface area contributed by atoms with Gasteiger partial charge in [-0.2, -0.15) is 0 Å². The van der Waals surface area contributed by atoms with Gasteiger partial charge in [-0.15, -0.1) is 0 Å². The minimum Gasteiger partial charge on any atom is -0.348 e. The largest absolute Gasteiger partial charge is 0.348 e. The third kappa shape index (κ3) is 4.06. The summed E-state index contributed by atoms with van der Waals surface area (Å²) in [5.41, 5.74) is 1.73. The Bertz CT molecular complexity index is 1000. The molecule has 1 fully saturated rings. The Balaban J connectivity index is 1.41. The van der Waals surface area contributed by atoms with E-state index in [-0.39, 0.29) is 17.5 Å². The maximum atomic E-state index is 12.6. The fraction of sp³-hybridized carbons (Fsp3) is 0.250. The van der Waals surface area contributed by atoms with Crippen LogP contribution in [-0.4, -0.2) is 45.0 Å². The highest BCUT2D eigenvalue weighted by atomic mass is 16.1. The zero-order valence-electron chi connectivity index (χ0n) is 15.2. The number of hydrogen-bond acceptors (Lipinski definition) is 6. The van der Waals surface area contributed by atoms with Gasteiger partial charge in [0.15, 0.2) is 0 Å². The van der Waals surface area contributed by atoms with Crippen molar-refractivity contribution in [1.29, 1.82) is 0 Å². The number of amides is 1. The van der Waals surface area contributed by atoms with Crippen LogP contribution in [0.5, 0.6) is 0 Å². The van der Waals surface area contributed by atoms with Crippen LogP contribution in [0.25, 0.3) is 11.3 Å². The molecule has 0 aliphatic carbocycles. The summed E-state index contributed by atoms with van der Waals surface area (Å²) in [6, 6.07) is 8.92. The first kappa shape index (κ1) is 17.8. The van der Waals surface area contributed by atoms with E-state index >= 15 is 0 Å². The fourth-order valence-electron chi connectivity index (χ4n) is 3.32. The molecule has 8 heteroatoms. The van der Waals surface area contributed by atoms with Gasteiger partial charge in [0.25, 0.3) is 11.5 Å². The Kier molecular flexibility index (Phi) is 5.09. The van der Waals surface area contributed by atoms with Crippen molar-refractivity contribution in [3.8, 4) is 11.3 Å². The summed E-state index contributed by atoms with van der Waals surface area (Å²) in [4.78, 5) is 41.3. The van der Waals surface area contributed by atoms with Gasteiger partial charge in [0.2, 0.25) is 5.95 Å². The molecule has 1 atom stereocenters. The standard InChI is InChI=1S/C20H20N6O2/c27-18-12-21-11-17(25-18)14-4-6-15(7-5-14)19(28)24-16-3-1-10-26(13-16)20-22-8-2-9-23-20/h2,4-9,11-12,16H,1,3,10,13H2,(H,24,28)(H,25,27). The lowest BCUT2D eigenvalue weighted by Crippen LogP contribution is -2.48. The van der Waals surface area contributed by atoms with Gasteiger partial charge in [-0.3, -0.25) is 14.6 Å². The summed E-state index contributed by atoms with van der Waals surface area (Å²) >= 11 is 0. The minimum absolute atomic E-state index is 0.0411. The molecule has 1 unspecified atom stereocenters. The zero-order chi connectivity index (χ0) is 19.3. The Morgan fingerprint density at radius 1 is 1.14 bits per heavy atom. The van der Waals surface area contributed by atoms with Crippen LogP contribution < -0.4 is 15.8 Å². The van der Waals surface area contributed by atoms with Crippen molar-refractivity contribution >= 4 is 11.9 Å². The second-order valence-electron chi connectivity index (χ2n) is 6.69. The van der Waals surface area contributed by atoms with Crippen LogP contribution in [0.4, 0.5) is 5.95 Å². The second kappa shape index (κ2) is 7.99. The molecule has 1 saturated heterocycles. The van der Waals surface area contributed by atoms with Crippen molar-refractivity contribution in [2.45, 2.75) is 18.9 Å². The van der Waals surface area contributed by atoms with Gasteiger partial charge in [0.05, 0.1) is 18.1 Å². The molecule has 3 aromatic rings. The van der Waals surface area contributed by atoms with E-state index in [2.05, 4.69) is 30.2 Å². The molecular formula is C20H20N6O2. The number of rotatable bonds is 4. The molecule has 2 N–H and O–H groups in total. The Morgan fingerprint density at radius 2 is 1.93 bits per heavy atom. The molecule has 1 aliphatic rings. The van der Waals surface area contributed by atoms with Crippen LogP contribution in [0.2, 0.25) is 0 Å². The fourth-order valence-corrected chi connectivity index (χ4v) is 3.32. The lowest BCUT2D eigenvalue weighted by molar-refractivity contribution is 0.0933. The van der Waals surface area contributed by atoms with Gasteiger partial charge in [0, 0.05) is 37.1 Å². The molecule has 1 aromatic carbocycles. The molecule has 0 radical (unpaired) electrons. The van der Waals surface area contributed by atoms with Crippen molar-refractivity contribution in [3.05, 3.63) is 71.0 Å². The van der Waals surface area contributed by atoms with Gasteiger partial charge in [-0.05, 0) is 36.6 Å². The average molecular weight is 376 g/mol. The van der Waals surface area contributed by atoms with E-state index < -0.39 is 0 Å². The highest BCUT2D eigenvalue weighted by Gasteiger charge is 2.23. The smallest absolute Gasteiger partial charge is 0.266 e. The van der Waals surface area contributed by atoms with Gasteiger partial charge >= 0.3 is 0 Å². The first-order valence-corrected chi connectivity index (χ1v) is 9.16. The molecule has 4 rings (SSSR count). The molecule has 2 aromatic heterocycles. The highest BCUT2D eigenvalue weighted by molar-refractivity contribution is 5.94. The lowest BCUT2D eigenvalue weighted by Gasteiger charge is -2.33. The van der Waals surface area contributed by atoms with Crippen molar-refractivity contribution < 1.29 is 4.79 Å². The first-order valence-electron chi connectivity index (χ1n) is 9.16. The lowest BCUT2D eigenvalue weighted by atomic mass is 10.0. The van der Waals surface area contributed by atoms with Crippen molar-refractivity contribution in [1.82, 2.24) is 25.3 Å². The van der Waals surface area contributed by atoms with E-state index in [9.17, 15) is 9.59 Å². The topological polar surface area (TPSA) is 104 Å². The van der Waals surface area contributed by atoms with Gasteiger partial charge in [-0.1, -0.05) is 12.1 Å². The Labute approximate surface area is 161 Å². The molecule has 0 saturated carbocycles. The maximum Gasteiger partial charge on any atom is 0.266 e. The zero-order valence-corrected chi connectivity index (χ0v) is 15.2. The highest BCUT2D eigenvalue weighted by Crippen LogP contribution is 2.17. The summed E-state index contributed by atoms with van der Waals surface area (Å²) in [6.45, 7) is 1.57. The number of carbonyl (C=O) groups excluding carboxylic acids is 1. The van der Waals surface area contributed by atoms with E-state index in [1.54, 1.807) is 48.9 Å². The predicted octanol–water partition coefficient (Wildman–Crippen LogP) is 1.63. The Morgan fingerprint density at radius 3 is 2.68 bits per heavy atom. The molecule has 8 nitrogen and oxygen atoms in total. The van der Waals surface area contributed by atoms with Crippen LogP contribution in [0.1, 0.15) is 23.2 Å². The molecule has 3 heterocycles. The summed E-state index contributed by atoms with van der Waals surface area (Å²) in [7, 11) is 0. The third-order valence-electron chi connectivity index (χ3n) is 4.70.